The number of carbonyl (C=O) groups is 1. The summed E-state index contributed by atoms with van der Waals surface area (Å²) in [7, 11) is 1.65. The van der Waals surface area contributed by atoms with E-state index in [4.69, 9.17) is 10.5 Å². The van der Waals surface area contributed by atoms with Gasteiger partial charge in [0.25, 0.3) is 0 Å². The quantitative estimate of drug-likeness (QED) is 0.582. The molecule has 1 saturated heterocycles. The Bertz CT molecular complexity index is 149. The average Bonchev–Trinajstić information content (AvgIpc) is 1.84. The van der Waals surface area contributed by atoms with Crippen molar-refractivity contribution in [3.8, 4) is 0 Å². The number of hydrogen-bond donors (Lipinski definition) is 1. The van der Waals surface area contributed by atoms with Gasteiger partial charge in [-0.2, -0.15) is 0 Å². The van der Waals surface area contributed by atoms with Gasteiger partial charge in [0.1, 0.15) is 0 Å². The fraction of sp³-hybridized carbons (Fsp3) is 0.857. The zero-order chi connectivity index (χ0) is 8.27. The van der Waals surface area contributed by atoms with Crippen molar-refractivity contribution in [3.63, 3.8) is 0 Å². The van der Waals surface area contributed by atoms with Crippen LogP contribution in [0.2, 0.25) is 0 Å². The van der Waals surface area contributed by atoms with Gasteiger partial charge in [-0.1, -0.05) is 0 Å². The second-order valence-corrected chi connectivity index (χ2v) is 2.74. The molecular formula is C7H14N2O2. The standard InChI is InChI=1S/C7H14N2O2/c1-11-5-4-9-3-2-6(9)7(8)10/h6H,2-5H2,1H3,(H2,8,10). The van der Waals surface area contributed by atoms with Gasteiger partial charge >= 0.3 is 0 Å². The topological polar surface area (TPSA) is 55.6 Å². The molecule has 0 bridgehead atoms. The van der Waals surface area contributed by atoms with E-state index in [0.717, 1.165) is 19.5 Å². The summed E-state index contributed by atoms with van der Waals surface area (Å²) < 4.78 is 4.88. The van der Waals surface area contributed by atoms with Crippen LogP contribution in [0.4, 0.5) is 0 Å². The van der Waals surface area contributed by atoms with Crippen LogP contribution in [0, 0.1) is 0 Å². The molecule has 0 saturated carbocycles. The number of rotatable bonds is 4. The van der Waals surface area contributed by atoms with Crippen LogP contribution in [-0.4, -0.2) is 43.7 Å². The number of likely N-dealkylation sites (tertiary alicyclic amines) is 1. The zero-order valence-corrected chi connectivity index (χ0v) is 6.75. The van der Waals surface area contributed by atoms with Crippen LogP contribution in [0.25, 0.3) is 0 Å². The Balaban J connectivity index is 2.20. The molecule has 0 aromatic rings. The summed E-state index contributed by atoms with van der Waals surface area (Å²) >= 11 is 0. The summed E-state index contributed by atoms with van der Waals surface area (Å²) in [6, 6.07) is -0.0369. The number of primary amides is 1. The predicted molar refractivity (Wildman–Crippen MR) is 41.0 cm³/mol. The zero-order valence-electron chi connectivity index (χ0n) is 6.75. The van der Waals surface area contributed by atoms with E-state index in [-0.39, 0.29) is 11.9 Å². The van der Waals surface area contributed by atoms with Crippen LogP contribution < -0.4 is 5.73 Å². The molecule has 1 amide bonds. The van der Waals surface area contributed by atoms with Crippen LogP contribution in [-0.2, 0) is 9.53 Å². The molecule has 0 aromatic carbocycles. The highest BCUT2D eigenvalue weighted by Crippen LogP contribution is 2.15. The number of amides is 1. The third-order valence-corrected chi connectivity index (χ3v) is 2.04. The third-order valence-electron chi connectivity index (χ3n) is 2.04. The van der Waals surface area contributed by atoms with Gasteiger partial charge in [-0.15, -0.1) is 0 Å². The molecule has 1 unspecified atom stereocenters. The van der Waals surface area contributed by atoms with Crippen molar-refractivity contribution >= 4 is 5.91 Å². The van der Waals surface area contributed by atoms with Crippen molar-refractivity contribution in [3.05, 3.63) is 0 Å². The molecule has 1 fully saturated rings. The van der Waals surface area contributed by atoms with Gasteiger partial charge in [0.15, 0.2) is 0 Å². The lowest BCUT2D eigenvalue weighted by Gasteiger charge is -2.38. The number of ether oxygens (including phenoxy) is 1. The maximum Gasteiger partial charge on any atom is 0.234 e. The summed E-state index contributed by atoms with van der Waals surface area (Å²) in [6.07, 6.45) is 0.902. The molecular weight excluding hydrogens is 144 g/mol. The van der Waals surface area contributed by atoms with Crippen molar-refractivity contribution in [2.24, 2.45) is 5.73 Å². The van der Waals surface area contributed by atoms with E-state index in [1.165, 1.54) is 0 Å². The van der Waals surface area contributed by atoms with E-state index in [2.05, 4.69) is 0 Å². The lowest BCUT2D eigenvalue weighted by molar-refractivity contribution is -0.127. The lowest BCUT2D eigenvalue weighted by Crippen LogP contribution is -2.55. The SMILES string of the molecule is COCCN1CCC1C(N)=O. The first-order chi connectivity index (χ1) is 5.25. The minimum Gasteiger partial charge on any atom is -0.383 e. The summed E-state index contributed by atoms with van der Waals surface area (Å²) in [5.41, 5.74) is 5.14. The van der Waals surface area contributed by atoms with Crippen molar-refractivity contribution in [1.29, 1.82) is 0 Å². The minimum absolute atomic E-state index is 0.0369. The maximum atomic E-state index is 10.7. The maximum absolute atomic E-state index is 10.7. The fourth-order valence-electron chi connectivity index (χ4n) is 1.24. The van der Waals surface area contributed by atoms with Crippen molar-refractivity contribution < 1.29 is 9.53 Å². The van der Waals surface area contributed by atoms with Gasteiger partial charge in [-0.25, -0.2) is 0 Å². The van der Waals surface area contributed by atoms with Crippen molar-refractivity contribution in [1.82, 2.24) is 4.90 Å². The highest BCUT2D eigenvalue weighted by molar-refractivity contribution is 5.80. The van der Waals surface area contributed by atoms with E-state index < -0.39 is 0 Å². The van der Waals surface area contributed by atoms with Gasteiger partial charge in [0.05, 0.1) is 12.6 Å². The van der Waals surface area contributed by atoms with Gasteiger partial charge in [0.2, 0.25) is 5.91 Å². The first kappa shape index (κ1) is 8.49. The molecule has 1 aliphatic rings. The Morgan fingerprint density at radius 2 is 2.55 bits per heavy atom. The lowest BCUT2D eigenvalue weighted by atomic mass is 10.0. The van der Waals surface area contributed by atoms with E-state index >= 15 is 0 Å². The second kappa shape index (κ2) is 3.69. The molecule has 1 aliphatic heterocycles. The highest BCUT2D eigenvalue weighted by atomic mass is 16.5. The van der Waals surface area contributed by atoms with E-state index in [1.807, 2.05) is 4.90 Å². The third kappa shape index (κ3) is 1.91. The Labute approximate surface area is 66.3 Å². The first-order valence-electron chi connectivity index (χ1n) is 3.78. The monoisotopic (exact) mass is 158 g/mol. The Kier molecular flexibility index (Phi) is 2.84. The summed E-state index contributed by atoms with van der Waals surface area (Å²) in [4.78, 5) is 12.7. The molecule has 4 nitrogen and oxygen atoms in total. The highest BCUT2D eigenvalue weighted by Gasteiger charge is 2.31. The van der Waals surface area contributed by atoms with Gasteiger partial charge in [0, 0.05) is 20.2 Å². The molecule has 4 heteroatoms. The summed E-state index contributed by atoms with van der Waals surface area (Å²) in [6.45, 7) is 2.45. The van der Waals surface area contributed by atoms with Crippen molar-refractivity contribution in [2.45, 2.75) is 12.5 Å². The molecule has 0 spiro atoms. The minimum atomic E-state index is -0.215. The number of nitrogens with zero attached hydrogens (tertiary/aromatic N) is 1. The van der Waals surface area contributed by atoms with Gasteiger partial charge in [-0.3, -0.25) is 9.69 Å². The van der Waals surface area contributed by atoms with Gasteiger partial charge in [-0.05, 0) is 6.42 Å². The van der Waals surface area contributed by atoms with Crippen LogP contribution in [0.15, 0.2) is 0 Å². The second-order valence-electron chi connectivity index (χ2n) is 2.74. The molecule has 11 heavy (non-hydrogen) atoms. The van der Waals surface area contributed by atoms with Crippen LogP contribution in [0.1, 0.15) is 6.42 Å². The Morgan fingerprint density at radius 1 is 1.82 bits per heavy atom. The summed E-state index contributed by atoms with van der Waals surface area (Å²) in [5.74, 6) is -0.215. The van der Waals surface area contributed by atoms with E-state index in [9.17, 15) is 4.79 Å². The molecule has 1 rings (SSSR count). The Morgan fingerprint density at radius 3 is 2.91 bits per heavy atom. The predicted octanol–water partition coefficient (Wildman–Crippen LogP) is -0.808. The molecule has 0 aromatic heterocycles. The smallest absolute Gasteiger partial charge is 0.234 e. The Hall–Kier alpha value is -0.610. The van der Waals surface area contributed by atoms with E-state index in [1.54, 1.807) is 7.11 Å². The largest absolute Gasteiger partial charge is 0.383 e. The fourth-order valence-corrected chi connectivity index (χ4v) is 1.24. The van der Waals surface area contributed by atoms with Gasteiger partial charge < -0.3 is 10.5 Å². The molecule has 1 atom stereocenters. The summed E-state index contributed by atoms with van der Waals surface area (Å²) in [5, 5.41) is 0. The molecule has 2 N–H and O–H groups in total. The molecule has 1 heterocycles. The molecule has 64 valence electrons. The van der Waals surface area contributed by atoms with E-state index in [0.29, 0.717) is 6.61 Å². The molecule has 0 radical (unpaired) electrons. The molecule has 0 aliphatic carbocycles. The normalized spacial score (nSPS) is 24.6. The van der Waals surface area contributed by atoms with Crippen LogP contribution in [0.5, 0.6) is 0 Å². The number of hydrogen-bond acceptors (Lipinski definition) is 3. The number of methoxy groups -OCH3 is 1. The van der Waals surface area contributed by atoms with Crippen LogP contribution in [0.3, 0.4) is 0 Å². The van der Waals surface area contributed by atoms with Crippen molar-refractivity contribution in [2.75, 3.05) is 26.8 Å². The number of nitrogens with two attached hydrogens (primary N) is 1. The average molecular weight is 158 g/mol. The first-order valence-corrected chi connectivity index (χ1v) is 3.78. The van der Waals surface area contributed by atoms with Crippen LogP contribution >= 0.6 is 0 Å². The number of carbonyl (C=O) groups excluding carboxylic acids is 1.